The lowest BCUT2D eigenvalue weighted by Crippen LogP contribution is -2.20. The first kappa shape index (κ1) is 27.1. The molecule has 0 atom stereocenters. The fourth-order valence-electron chi connectivity index (χ4n) is 3.25. The maximum Gasteiger partial charge on any atom is 0.266 e. The highest BCUT2D eigenvalue weighted by Gasteiger charge is 2.16. The average molecular weight is 520 g/mol. The van der Waals surface area contributed by atoms with Crippen molar-refractivity contribution in [2.45, 2.75) is 13.8 Å². The van der Waals surface area contributed by atoms with Gasteiger partial charge in [0.25, 0.3) is 11.8 Å². The third-order valence-corrected chi connectivity index (χ3v) is 5.12. The van der Waals surface area contributed by atoms with Crippen molar-refractivity contribution in [3.05, 3.63) is 82.9 Å². The smallest absolute Gasteiger partial charge is 0.266 e. The van der Waals surface area contributed by atoms with Crippen molar-refractivity contribution in [1.29, 1.82) is 5.26 Å². The van der Waals surface area contributed by atoms with Crippen LogP contribution in [0.25, 0.3) is 6.08 Å². The minimum absolute atomic E-state index is 0.136. The standard InChI is InChI=1S/C28H26ClN3O5/c1-3-35-23-12-10-22(11-13-23)32-28(34)20(17-30)14-19-15-24(29)27(25(16-19)36-4-2)37-18-26(33)31-21-8-6-5-7-9-21/h5-16H,3-4,18H2,1-2H3,(H,31,33)(H,32,34)/b20-14+. The number of rotatable bonds is 11. The summed E-state index contributed by atoms with van der Waals surface area (Å²) in [5.41, 5.74) is 1.47. The molecular formula is C28H26ClN3O5. The van der Waals surface area contributed by atoms with Crippen molar-refractivity contribution < 1.29 is 23.8 Å². The van der Waals surface area contributed by atoms with Crippen molar-refractivity contribution in [1.82, 2.24) is 0 Å². The van der Waals surface area contributed by atoms with Gasteiger partial charge < -0.3 is 24.8 Å². The van der Waals surface area contributed by atoms with Crippen molar-refractivity contribution in [2.75, 3.05) is 30.5 Å². The molecule has 0 bridgehead atoms. The zero-order valence-corrected chi connectivity index (χ0v) is 21.2. The second-order valence-electron chi connectivity index (χ2n) is 7.55. The fourth-order valence-corrected chi connectivity index (χ4v) is 3.52. The molecule has 8 nitrogen and oxygen atoms in total. The summed E-state index contributed by atoms with van der Waals surface area (Å²) >= 11 is 6.43. The molecule has 2 N–H and O–H groups in total. The number of nitriles is 1. The number of hydrogen-bond acceptors (Lipinski definition) is 6. The molecule has 190 valence electrons. The predicted molar refractivity (Wildman–Crippen MR) is 143 cm³/mol. The first-order valence-corrected chi connectivity index (χ1v) is 11.9. The van der Waals surface area contributed by atoms with Gasteiger partial charge in [0, 0.05) is 11.4 Å². The maximum absolute atomic E-state index is 12.7. The number of hydrogen-bond donors (Lipinski definition) is 2. The van der Waals surface area contributed by atoms with Gasteiger partial charge in [-0.25, -0.2) is 0 Å². The second-order valence-corrected chi connectivity index (χ2v) is 7.95. The molecule has 0 aliphatic carbocycles. The Morgan fingerprint density at radius 1 is 0.919 bits per heavy atom. The Kier molecular flexibility index (Phi) is 9.94. The number of nitrogens with zero attached hydrogens (tertiary/aromatic N) is 1. The van der Waals surface area contributed by atoms with Gasteiger partial charge in [-0.15, -0.1) is 0 Å². The van der Waals surface area contributed by atoms with Crippen LogP contribution in [0.5, 0.6) is 17.2 Å². The van der Waals surface area contributed by atoms with E-state index in [2.05, 4.69) is 10.6 Å². The van der Waals surface area contributed by atoms with Crippen LogP contribution in [0.15, 0.2) is 72.3 Å². The first-order valence-electron chi connectivity index (χ1n) is 11.5. The molecule has 0 aromatic heterocycles. The van der Waals surface area contributed by atoms with Crippen LogP contribution >= 0.6 is 11.6 Å². The topological polar surface area (TPSA) is 110 Å². The molecule has 0 unspecified atom stereocenters. The first-order chi connectivity index (χ1) is 17.9. The van der Waals surface area contributed by atoms with Gasteiger partial charge in [0.1, 0.15) is 17.4 Å². The lowest BCUT2D eigenvalue weighted by Gasteiger charge is -2.14. The number of carbonyl (C=O) groups is 2. The zero-order chi connectivity index (χ0) is 26.6. The van der Waals surface area contributed by atoms with E-state index in [0.29, 0.717) is 35.9 Å². The van der Waals surface area contributed by atoms with Gasteiger partial charge in [-0.2, -0.15) is 5.26 Å². The third kappa shape index (κ3) is 8.02. The molecule has 0 aliphatic heterocycles. The number of ether oxygens (including phenoxy) is 3. The Hall–Kier alpha value is -4.48. The molecule has 2 amide bonds. The molecule has 3 aromatic rings. The molecule has 0 saturated heterocycles. The van der Waals surface area contributed by atoms with Crippen molar-refractivity contribution in [3.8, 4) is 23.3 Å². The molecule has 0 heterocycles. The van der Waals surface area contributed by atoms with E-state index in [1.807, 2.05) is 19.1 Å². The number of nitrogens with one attached hydrogen (secondary N) is 2. The summed E-state index contributed by atoms with van der Waals surface area (Å²) in [7, 11) is 0. The summed E-state index contributed by atoms with van der Waals surface area (Å²) in [6.45, 7) is 4.21. The lowest BCUT2D eigenvalue weighted by atomic mass is 10.1. The number of halogens is 1. The zero-order valence-electron chi connectivity index (χ0n) is 20.4. The highest BCUT2D eigenvalue weighted by Crippen LogP contribution is 2.37. The number of carbonyl (C=O) groups excluding carboxylic acids is 2. The Morgan fingerprint density at radius 2 is 1.59 bits per heavy atom. The summed E-state index contributed by atoms with van der Waals surface area (Å²) in [5, 5.41) is 15.1. The number of amides is 2. The van der Waals surface area contributed by atoms with Crippen LogP contribution in [0.1, 0.15) is 19.4 Å². The van der Waals surface area contributed by atoms with E-state index in [0.717, 1.165) is 0 Å². The van der Waals surface area contributed by atoms with E-state index < -0.39 is 5.91 Å². The minimum Gasteiger partial charge on any atom is -0.494 e. The quantitative estimate of drug-likeness (QED) is 0.248. The van der Waals surface area contributed by atoms with Crippen LogP contribution in [0.2, 0.25) is 5.02 Å². The molecule has 9 heteroatoms. The molecule has 0 radical (unpaired) electrons. The molecule has 0 saturated carbocycles. The molecule has 3 rings (SSSR count). The van der Waals surface area contributed by atoms with Gasteiger partial charge in [0.2, 0.25) is 0 Å². The minimum atomic E-state index is -0.585. The second kappa shape index (κ2) is 13.6. The maximum atomic E-state index is 12.7. The Morgan fingerprint density at radius 3 is 2.24 bits per heavy atom. The lowest BCUT2D eigenvalue weighted by molar-refractivity contribution is -0.118. The van der Waals surface area contributed by atoms with Crippen molar-refractivity contribution >= 4 is 40.9 Å². The molecule has 0 spiro atoms. The average Bonchev–Trinajstić information content (AvgIpc) is 2.89. The van der Waals surface area contributed by atoms with Crippen LogP contribution in [0.4, 0.5) is 11.4 Å². The van der Waals surface area contributed by atoms with Gasteiger partial charge >= 0.3 is 0 Å². The van der Waals surface area contributed by atoms with E-state index in [-0.39, 0.29) is 34.6 Å². The van der Waals surface area contributed by atoms with Gasteiger partial charge in [-0.1, -0.05) is 29.8 Å². The monoisotopic (exact) mass is 519 g/mol. The van der Waals surface area contributed by atoms with Crippen molar-refractivity contribution in [2.24, 2.45) is 0 Å². The normalized spacial score (nSPS) is 10.7. The molecular weight excluding hydrogens is 494 g/mol. The van der Waals surface area contributed by atoms with E-state index >= 15 is 0 Å². The van der Waals surface area contributed by atoms with Crippen LogP contribution < -0.4 is 24.8 Å². The summed E-state index contributed by atoms with van der Waals surface area (Å²) in [4.78, 5) is 25.0. The molecule has 0 aliphatic rings. The van der Waals surface area contributed by atoms with Crippen molar-refractivity contribution in [3.63, 3.8) is 0 Å². The molecule has 3 aromatic carbocycles. The Balaban J connectivity index is 1.74. The number of anilines is 2. The van der Waals surface area contributed by atoms with Gasteiger partial charge in [0.15, 0.2) is 18.1 Å². The summed E-state index contributed by atoms with van der Waals surface area (Å²) in [6.07, 6.45) is 1.39. The van der Waals surface area contributed by atoms with Crippen LogP contribution in [-0.4, -0.2) is 31.6 Å². The van der Waals surface area contributed by atoms with E-state index in [1.54, 1.807) is 61.5 Å². The van der Waals surface area contributed by atoms with Crippen LogP contribution in [0, 0.1) is 11.3 Å². The predicted octanol–water partition coefficient (Wildman–Crippen LogP) is 5.70. The van der Waals surface area contributed by atoms with Gasteiger partial charge in [-0.3, -0.25) is 9.59 Å². The van der Waals surface area contributed by atoms with E-state index in [1.165, 1.54) is 12.1 Å². The largest absolute Gasteiger partial charge is 0.494 e. The molecule has 37 heavy (non-hydrogen) atoms. The van der Waals surface area contributed by atoms with Crippen LogP contribution in [-0.2, 0) is 9.59 Å². The Labute approximate surface area is 220 Å². The third-order valence-electron chi connectivity index (χ3n) is 4.84. The SMILES string of the molecule is CCOc1ccc(NC(=O)/C(C#N)=C/c2cc(Cl)c(OCC(=O)Nc3ccccc3)c(OCC)c2)cc1. The Bertz CT molecular complexity index is 1300. The van der Waals surface area contributed by atoms with E-state index in [9.17, 15) is 14.9 Å². The van der Waals surface area contributed by atoms with E-state index in [4.69, 9.17) is 25.8 Å². The highest BCUT2D eigenvalue weighted by molar-refractivity contribution is 6.32. The fraction of sp³-hybridized carbons (Fsp3) is 0.179. The van der Waals surface area contributed by atoms with Crippen LogP contribution in [0.3, 0.4) is 0 Å². The molecule has 0 fully saturated rings. The number of benzene rings is 3. The summed E-state index contributed by atoms with van der Waals surface area (Å²) in [5.74, 6) is 0.179. The van der Waals surface area contributed by atoms with Gasteiger partial charge in [-0.05, 0) is 74.0 Å². The highest BCUT2D eigenvalue weighted by atomic mass is 35.5. The summed E-state index contributed by atoms with van der Waals surface area (Å²) in [6, 6.07) is 20.8. The summed E-state index contributed by atoms with van der Waals surface area (Å²) < 4.78 is 16.7. The number of para-hydroxylation sites is 1. The van der Waals surface area contributed by atoms with Gasteiger partial charge in [0.05, 0.1) is 18.2 Å².